The van der Waals surface area contributed by atoms with E-state index in [0.29, 0.717) is 23.8 Å². The normalized spacial score (nSPS) is 10.7. The van der Waals surface area contributed by atoms with Gasteiger partial charge in [-0.3, -0.25) is 4.79 Å². The Morgan fingerprint density at radius 2 is 1.96 bits per heavy atom. The van der Waals surface area contributed by atoms with Crippen LogP contribution in [-0.4, -0.2) is 21.0 Å². The fourth-order valence-corrected chi connectivity index (χ4v) is 3.51. The van der Waals surface area contributed by atoms with Crippen LogP contribution < -0.4 is 5.32 Å². The molecule has 0 atom stereocenters. The van der Waals surface area contributed by atoms with Crippen LogP contribution in [0.5, 0.6) is 0 Å². The monoisotopic (exact) mass is 396 g/mol. The van der Waals surface area contributed by atoms with E-state index in [4.69, 9.17) is 16.1 Å². The average Bonchev–Trinajstić information content (AvgIpc) is 3.37. The molecule has 1 aromatic carbocycles. The van der Waals surface area contributed by atoms with E-state index < -0.39 is 0 Å². The highest BCUT2D eigenvalue weighted by molar-refractivity contribution is 7.15. The molecule has 0 aliphatic heterocycles. The first-order chi connectivity index (χ1) is 13.2. The van der Waals surface area contributed by atoms with Gasteiger partial charge in [0.1, 0.15) is 5.15 Å². The van der Waals surface area contributed by atoms with Crippen molar-refractivity contribution in [3.05, 3.63) is 76.4 Å². The molecule has 6 nitrogen and oxygen atoms in total. The molecule has 3 aromatic heterocycles. The maximum absolute atomic E-state index is 12.2. The van der Waals surface area contributed by atoms with Gasteiger partial charge >= 0.3 is 0 Å². The minimum atomic E-state index is -0.271. The smallest absolute Gasteiger partial charge is 0.268 e. The van der Waals surface area contributed by atoms with Crippen molar-refractivity contribution in [1.82, 2.24) is 20.4 Å². The van der Waals surface area contributed by atoms with Crippen LogP contribution in [-0.2, 0) is 6.54 Å². The molecule has 134 valence electrons. The van der Waals surface area contributed by atoms with Crippen LogP contribution >= 0.6 is 22.9 Å². The molecule has 0 bridgehead atoms. The van der Waals surface area contributed by atoms with Crippen molar-refractivity contribution in [1.29, 1.82) is 0 Å². The summed E-state index contributed by atoms with van der Waals surface area (Å²) in [6.45, 7) is 0.369. The van der Waals surface area contributed by atoms with Gasteiger partial charge in [0.25, 0.3) is 11.8 Å². The number of nitrogens with one attached hydrogen (secondary N) is 1. The Kier molecular flexibility index (Phi) is 4.95. The number of aromatic nitrogens is 3. The van der Waals surface area contributed by atoms with Gasteiger partial charge in [-0.15, -0.1) is 11.3 Å². The number of nitrogens with zero attached hydrogens (tertiary/aromatic N) is 3. The number of pyridine rings is 1. The molecular formula is C19H13ClN4O2S. The summed E-state index contributed by atoms with van der Waals surface area (Å²) in [5.74, 6) is 0.721. The summed E-state index contributed by atoms with van der Waals surface area (Å²) < 4.78 is 5.37. The summed E-state index contributed by atoms with van der Waals surface area (Å²) in [4.78, 5) is 22.3. The van der Waals surface area contributed by atoms with Crippen molar-refractivity contribution >= 4 is 28.8 Å². The molecule has 1 N–H and O–H groups in total. The molecular weight excluding hydrogens is 384 g/mol. The lowest BCUT2D eigenvalue weighted by molar-refractivity contribution is 0.0951. The Labute approximate surface area is 163 Å². The Hall–Kier alpha value is -3.03. The zero-order valence-corrected chi connectivity index (χ0v) is 15.5. The Morgan fingerprint density at radius 3 is 2.78 bits per heavy atom. The summed E-state index contributed by atoms with van der Waals surface area (Å²) in [6, 6.07) is 16.7. The number of halogens is 1. The predicted molar refractivity (Wildman–Crippen MR) is 103 cm³/mol. The lowest BCUT2D eigenvalue weighted by atomic mass is 10.2. The van der Waals surface area contributed by atoms with Crippen molar-refractivity contribution in [2.45, 2.75) is 6.54 Å². The molecule has 0 saturated heterocycles. The largest absolute Gasteiger partial charge is 0.347 e. The van der Waals surface area contributed by atoms with E-state index in [0.717, 1.165) is 15.3 Å². The summed E-state index contributed by atoms with van der Waals surface area (Å²) >= 11 is 7.42. The number of hydrogen-bond acceptors (Lipinski definition) is 6. The molecule has 0 radical (unpaired) electrons. The van der Waals surface area contributed by atoms with Crippen LogP contribution in [0.4, 0.5) is 0 Å². The van der Waals surface area contributed by atoms with Gasteiger partial charge in [0.05, 0.1) is 17.0 Å². The summed E-state index contributed by atoms with van der Waals surface area (Å²) in [5.41, 5.74) is 1.24. The molecule has 4 rings (SSSR count). The van der Waals surface area contributed by atoms with Crippen LogP contribution in [0.25, 0.3) is 22.2 Å². The molecule has 4 aromatic rings. The van der Waals surface area contributed by atoms with Crippen LogP contribution in [0.2, 0.25) is 5.15 Å². The molecule has 0 saturated carbocycles. The molecule has 3 heterocycles. The minimum absolute atomic E-state index is 0.182. The first-order valence-corrected chi connectivity index (χ1v) is 9.27. The molecule has 1 amide bonds. The van der Waals surface area contributed by atoms with Crippen molar-refractivity contribution in [3.8, 4) is 22.2 Å². The molecule has 0 aliphatic carbocycles. The molecule has 0 unspecified atom stereocenters. The van der Waals surface area contributed by atoms with Crippen molar-refractivity contribution in [2.75, 3.05) is 0 Å². The number of benzene rings is 1. The van der Waals surface area contributed by atoms with Crippen molar-refractivity contribution in [3.63, 3.8) is 0 Å². The standard InChI is InChI=1S/C19H13ClN4O2S/c20-16-14(7-4-10-21-16)18(25)22-11-13-8-9-15(27-13)19-23-17(24-26-19)12-5-2-1-3-6-12/h1-10H,11H2,(H,22,25). The zero-order chi connectivity index (χ0) is 18.6. The molecule has 27 heavy (non-hydrogen) atoms. The van der Waals surface area contributed by atoms with Gasteiger partial charge < -0.3 is 9.84 Å². The van der Waals surface area contributed by atoms with Gasteiger partial charge in [-0.1, -0.05) is 47.1 Å². The number of amides is 1. The minimum Gasteiger partial charge on any atom is -0.347 e. The van der Waals surface area contributed by atoms with Crippen LogP contribution in [0.1, 0.15) is 15.2 Å². The van der Waals surface area contributed by atoms with Gasteiger partial charge in [0, 0.05) is 16.6 Å². The molecule has 8 heteroatoms. The topological polar surface area (TPSA) is 80.9 Å². The van der Waals surface area contributed by atoms with Crippen molar-refractivity contribution < 1.29 is 9.32 Å². The molecule has 0 spiro atoms. The second kappa shape index (κ2) is 7.69. The van der Waals surface area contributed by atoms with E-state index in [1.807, 2.05) is 42.5 Å². The number of hydrogen-bond donors (Lipinski definition) is 1. The first kappa shape index (κ1) is 17.4. The number of thiophene rings is 1. The van der Waals surface area contributed by atoms with E-state index in [9.17, 15) is 4.79 Å². The van der Waals surface area contributed by atoms with Crippen LogP contribution in [0, 0.1) is 0 Å². The maximum atomic E-state index is 12.2. The highest BCUT2D eigenvalue weighted by atomic mass is 35.5. The Balaban J connectivity index is 1.44. The third-order valence-corrected chi connectivity index (χ3v) is 5.13. The van der Waals surface area contributed by atoms with E-state index in [1.54, 1.807) is 18.3 Å². The fourth-order valence-electron chi connectivity index (χ4n) is 2.43. The summed E-state index contributed by atoms with van der Waals surface area (Å²) in [6.07, 6.45) is 1.54. The van der Waals surface area contributed by atoms with Crippen molar-refractivity contribution in [2.24, 2.45) is 0 Å². The Bertz CT molecular complexity index is 1080. The zero-order valence-electron chi connectivity index (χ0n) is 13.9. The second-order valence-electron chi connectivity index (χ2n) is 5.58. The van der Waals surface area contributed by atoms with Crippen LogP contribution in [0.3, 0.4) is 0 Å². The fraction of sp³-hybridized carbons (Fsp3) is 0.0526. The second-order valence-corrected chi connectivity index (χ2v) is 7.11. The molecule has 0 aliphatic rings. The molecule has 0 fully saturated rings. The Morgan fingerprint density at radius 1 is 1.11 bits per heavy atom. The average molecular weight is 397 g/mol. The van der Waals surface area contributed by atoms with E-state index in [1.165, 1.54) is 11.3 Å². The third kappa shape index (κ3) is 3.89. The maximum Gasteiger partial charge on any atom is 0.268 e. The quantitative estimate of drug-likeness (QED) is 0.504. The van der Waals surface area contributed by atoms with E-state index >= 15 is 0 Å². The van der Waals surface area contributed by atoms with E-state index in [2.05, 4.69) is 20.4 Å². The lowest BCUT2D eigenvalue weighted by Crippen LogP contribution is -2.22. The van der Waals surface area contributed by atoms with Crippen LogP contribution in [0.15, 0.2) is 65.3 Å². The number of carbonyl (C=O) groups is 1. The first-order valence-electron chi connectivity index (χ1n) is 8.07. The third-order valence-electron chi connectivity index (χ3n) is 3.76. The predicted octanol–water partition coefficient (Wildman–Crippen LogP) is 4.44. The summed E-state index contributed by atoms with van der Waals surface area (Å²) in [5, 5.41) is 7.04. The SMILES string of the molecule is O=C(NCc1ccc(-c2nc(-c3ccccc3)no2)s1)c1cccnc1Cl. The lowest BCUT2D eigenvalue weighted by Gasteiger charge is -2.04. The van der Waals surface area contributed by atoms with Gasteiger partial charge in [-0.25, -0.2) is 4.98 Å². The van der Waals surface area contributed by atoms with Gasteiger partial charge in [0.15, 0.2) is 0 Å². The number of carbonyl (C=O) groups excluding carboxylic acids is 1. The highest BCUT2D eigenvalue weighted by Crippen LogP contribution is 2.28. The summed E-state index contributed by atoms with van der Waals surface area (Å²) in [7, 11) is 0. The van der Waals surface area contributed by atoms with Gasteiger partial charge in [-0.2, -0.15) is 4.98 Å². The van der Waals surface area contributed by atoms with Gasteiger partial charge in [0.2, 0.25) is 5.82 Å². The van der Waals surface area contributed by atoms with E-state index in [-0.39, 0.29) is 11.1 Å². The number of rotatable bonds is 5. The highest BCUT2D eigenvalue weighted by Gasteiger charge is 2.14. The van der Waals surface area contributed by atoms with Gasteiger partial charge in [-0.05, 0) is 24.3 Å².